The molecule has 0 saturated carbocycles. The summed E-state index contributed by atoms with van der Waals surface area (Å²) in [6, 6.07) is 14.1. The van der Waals surface area contributed by atoms with Gasteiger partial charge in [0.1, 0.15) is 17.5 Å². The van der Waals surface area contributed by atoms with Crippen LogP contribution in [0.25, 0.3) is 11.4 Å². The molecule has 29 heavy (non-hydrogen) atoms. The minimum atomic E-state index is -0.240. The average Bonchev–Trinajstić information content (AvgIpc) is 3.43. The summed E-state index contributed by atoms with van der Waals surface area (Å²) in [4.78, 5) is 18.9. The Balaban J connectivity index is 1.43. The number of methoxy groups -OCH3 is 1. The van der Waals surface area contributed by atoms with Crippen LogP contribution < -0.4 is 9.47 Å². The first kappa shape index (κ1) is 19.3. The van der Waals surface area contributed by atoms with Crippen LogP contribution in [0.5, 0.6) is 11.5 Å². The molecule has 1 amide bonds. The molecule has 1 atom stereocenters. The molecule has 4 rings (SSSR count). The zero-order valence-corrected chi connectivity index (χ0v) is 16.6. The van der Waals surface area contributed by atoms with Crippen LogP contribution in [-0.4, -0.2) is 41.2 Å². The Morgan fingerprint density at radius 1 is 1.17 bits per heavy atom. The second kappa shape index (κ2) is 8.53. The molecular formula is C21H20ClN3O4. The number of hydrogen-bond acceptors (Lipinski definition) is 6. The lowest BCUT2D eigenvalue weighted by atomic mass is 10.2. The Bertz CT molecular complexity index is 972. The van der Waals surface area contributed by atoms with Crippen molar-refractivity contribution >= 4 is 17.5 Å². The maximum Gasteiger partial charge on any atom is 0.261 e. The molecule has 0 radical (unpaired) electrons. The number of halogens is 1. The van der Waals surface area contributed by atoms with Gasteiger partial charge in [0, 0.05) is 17.1 Å². The topological polar surface area (TPSA) is 77.7 Å². The van der Waals surface area contributed by atoms with E-state index in [1.54, 1.807) is 36.3 Å². The molecule has 2 heterocycles. The van der Waals surface area contributed by atoms with Crippen LogP contribution in [0.2, 0.25) is 5.02 Å². The van der Waals surface area contributed by atoms with Gasteiger partial charge >= 0.3 is 0 Å². The van der Waals surface area contributed by atoms with E-state index in [1.165, 1.54) is 0 Å². The number of carbonyl (C=O) groups excluding carboxylic acids is 1. The number of rotatable bonds is 6. The molecule has 0 bridgehead atoms. The largest absolute Gasteiger partial charge is 0.497 e. The van der Waals surface area contributed by atoms with Gasteiger partial charge < -0.3 is 18.9 Å². The lowest BCUT2D eigenvalue weighted by Gasteiger charge is -2.21. The normalized spacial score (nSPS) is 16.1. The zero-order valence-electron chi connectivity index (χ0n) is 15.9. The van der Waals surface area contributed by atoms with Gasteiger partial charge in [0.25, 0.3) is 5.91 Å². The molecule has 1 aliphatic rings. The van der Waals surface area contributed by atoms with Crippen molar-refractivity contribution in [1.29, 1.82) is 0 Å². The molecule has 8 heteroatoms. The molecule has 3 aromatic rings. The van der Waals surface area contributed by atoms with Gasteiger partial charge in [-0.15, -0.1) is 0 Å². The van der Waals surface area contributed by atoms with Crippen LogP contribution in [0.15, 0.2) is 53.1 Å². The molecule has 0 aliphatic carbocycles. The average molecular weight is 414 g/mol. The molecule has 0 unspecified atom stereocenters. The Labute approximate surface area is 173 Å². The Morgan fingerprint density at radius 3 is 2.62 bits per heavy atom. The number of carbonyl (C=O) groups is 1. The molecule has 2 aromatic carbocycles. The SMILES string of the molecule is COc1ccc(-c2noc([C@@H]3CCCN3C(=O)COc3ccc(Cl)cc3)n2)cc1. The fourth-order valence-electron chi connectivity index (χ4n) is 3.31. The predicted molar refractivity (Wildman–Crippen MR) is 107 cm³/mol. The minimum absolute atomic E-state index is 0.0579. The number of hydrogen-bond donors (Lipinski definition) is 0. The van der Waals surface area contributed by atoms with E-state index in [0.29, 0.717) is 29.0 Å². The third kappa shape index (κ3) is 4.35. The predicted octanol–water partition coefficient (Wildman–Crippen LogP) is 4.14. The van der Waals surface area contributed by atoms with Gasteiger partial charge in [-0.3, -0.25) is 4.79 Å². The van der Waals surface area contributed by atoms with Gasteiger partial charge in [0.15, 0.2) is 6.61 Å². The molecule has 1 saturated heterocycles. The maximum absolute atomic E-state index is 12.7. The molecule has 1 fully saturated rings. The maximum atomic E-state index is 12.7. The summed E-state index contributed by atoms with van der Waals surface area (Å²) in [7, 11) is 1.61. The summed E-state index contributed by atoms with van der Waals surface area (Å²) in [5.74, 6) is 2.16. The number of benzene rings is 2. The van der Waals surface area contributed by atoms with E-state index in [1.807, 2.05) is 24.3 Å². The van der Waals surface area contributed by atoms with Crippen molar-refractivity contribution in [2.24, 2.45) is 0 Å². The number of aromatic nitrogens is 2. The second-order valence-corrected chi connectivity index (χ2v) is 7.11. The fourth-order valence-corrected chi connectivity index (χ4v) is 3.43. The van der Waals surface area contributed by atoms with Gasteiger partial charge in [0.2, 0.25) is 11.7 Å². The van der Waals surface area contributed by atoms with Crippen LogP contribution in [0.3, 0.4) is 0 Å². The van der Waals surface area contributed by atoms with E-state index >= 15 is 0 Å². The van der Waals surface area contributed by atoms with Crippen LogP contribution in [0.4, 0.5) is 0 Å². The van der Waals surface area contributed by atoms with Crippen molar-refractivity contribution in [3.63, 3.8) is 0 Å². The first-order valence-corrected chi connectivity index (χ1v) is 9.68. The zero-order chi connectivity index (χ0) is 20.2. The molecule has 0 N–H and O–H groups in total. The summed E-state index contributed by atoms with van der Waals surface area (Å²) in [6.45, 7) is 0.575. The summed E-state index contributed by atoms with van der Waals surface area (Å²) in [5.41, 5.74) is 0.822. The summed E-state index contributed by atoms with van der Waals surface area (Å²) in [5, 5.41) is 4.69. The summed E-state index contributed by atoms with van der Waals surface area (Å²) in [6.07, 6.45) is 1.65. The quantitative estimate of drug-likeness (QED) is 0.604. The fraction of sp³-hybridized carbons (Fsp3) is 0.286. The number of amides is 1. The smallest absolute Gasteiger partial charge is 0.261 e. The van der Waals surface area contributed by atoms with Crippen molar-refractivity contribution in [2.45, 2.75) is 18.9 Å². The van der Waals surface area contributed by atoms with E-state index in [-0.39, 0.29) is 18.6 Å². The van der Waals surface area contributed by atoms with Gasteiger partial charge in [-0.2, -0.15) is 4.98 Å². The first-order valence-electron chi connectivity index (χ1n) is 9.30. The van der Waals surface area contributed by atoms with E-state index in [4.69, 9.17) is 25.6 Å². The lowest BCUT2D eigenvalue weighted by Crippen LogP contribution is -2.34. The highest BCUT2D eigenvalue weighted by atomic mass is 35.5. The highest BCUT2D eigenvalue weighted by molar-refractivity contribution is 6.30. The molecule has 0 spiro atoms. The van der Waals surface area contributed by atoms with Gasteiger partial charge in [-0.1, -0.05) is 16.8 Å². The van der Waals surface area contributed by atoms with Crippen LogP contribution in [-0.2, 0) is 4.79 Å². The second-order valence-electron chi connectivity index (χ2n) is 6.67. The van der Waals surface area contributed by atoms with Gasteiger partial charge in [0.05, 0.1) is 7.11 Å². The Hall–Kier alpha value is -3.06. The summed E-state index contributed by atoms with van der Waals surface area (Å²) >= 11 is 5.87. The van der Waals surface area contributed by atoms with Crippen molar-refractivity contribution in [3.05, 3.63) is 59.4 Å². The Kier molecular flexibility index (Phi) is 5.67. The molecule has 1 aromatic heterocycles. The van der Waals surface area contributed by atoms with Gasteiger partial charge in [-0.25, -0.2) is 0 Å². The van der Waals surface area contributed by atoms with Gasteiger partial charge in [-0.05, 0) is 61.4 Å². The van der Waals surface area contributed by atoms with Crippen LogP contribution >= 0.6 is 11.6 Å². The monoisotopic (exact) mass is 413 g/mol. The van der Waals surface area contributed by atoms with Crippen molar-refractivity contribution in [3.8, 4) is 22.9 Å². The third-order valence-corrected chi connectivity index (χ3v) is 5.08. The van der Waals surface area contributed by atoms with E-state index in [9.17, 15) is 4.79 Å². The van der Waals surface area contributed by atoms with E-state index < -0.39 is 0 Å². The highest BCUT2D eigenvalue weighted by Crippen LogP contribution is 2.32. The lowest BCUT2D eigenvalue weighted by molar-refractivity contribution is -0.134. The first-order chi connectivity index (χ1) is 14.1. The summed E-state index contributed by atoms with van der Waals surface area (Å²) < 4.78 is 16.2. The standard InChI is InChI=1S/C21H20ClN3O4/c1-27-16-8-4-14(5-9-16)20-23-21(29-24-20)18-3-2-12-25(18)19(26)13-28-17-10-6-15(22)7-11-17/h4-11,18H,2-3,12-13H2,1H3/t18-/m0/s1. The number of ether oxygens (including phenoxy) is 2. The molecule has 7 nitrogen and oxygen atoms in total. The minimum Gasteiger partial charge on any atom is -0.497 e. The Morgan fingerprint density at radius 2 is 1.90 bits per heavy atom. The third-order valence-electron chi connectivity index (χ3n) is 4.82. The van der Waals surface area contributed by atoms with E-state index in [0.717, 1.165) is 24.2 Å². The van der Waals surface area contributed by atoms with E-state index in [2.05, 4.69) is 10.1 Å². The van der Waals surface area contributed by atoms with Crippen molar-refractivity contribution in [1.82, 2.24) is 15.0 Å². The molecule has 150 valence electrons. The molecule has 1 aliphatic heterocycles. The molecular weight excluding hydrogens is 394 g/mol. The highest BCUT2D eigenvalue weighted by Gasteiger charge is 2.34. The van der Waals surface area contributed by atoms with Crippen LogP contribution in [0.1, 0.15) is 24.8 Å². The van der Waals surface area contributed by atoms with Crippen molar-refractivity contribution in [2.75, 3.05) is 20.3 Å². The van der Waals surface area contributed by atoms with Crippen molar-refractivity contribution < 1.29 is 18.8 Å². The van der Waals surface area contributed by atoms with Crippen LogP contribution in [0, 0.1) is 0 Å². The number of likely N-dealkylation sites (tertiary alicyclic amines) is 1. The number of nitrogens with zero attached hydrogens (tertiary/aromatic N) is 3.